The maximum absolute atomic E-state index is 12.5. The van der Waals surface area contributed by atoms with Gasteiger partial charge in [0.1, 0.15) is 0 Å². The lowest BCUT2D eigenvalue weighted by molar-refractivity contribution is -0.124. The number of esters is 1. The van der Waals surface area contributed by atoms with Crippen molar-refractivity contribution in [3.05, 3.63) is 81.3 Å². The molecule has 0 aliphatic heterocycles. The summed E-state index contributed by atoms with van der Waals surface area (Å²) in [4.78, 5) is 26.1. The van der Waals surface area contributed by atoms with Gasteiger partial charge in [-0.3, -0.25) is 4.79 Å². The molecule has 1 aromatic carbocycles. The van der Waals surface area contributed by atoms with Crippen molar-refractivity contribution in [1.29, 1.82) is 0 Å². The number of ether oxygens (including phenoxy) is 1. The molecule has 1 amide bonds. The molecule has 1 fully saturated rings. The number of aromatic nitrogens is 1. The molecule has 1 aliphatic carbocycles. The second kappa shape index (κ2) is 8.25. The van der Waals surface area contributed by atoms with Gasteiger partial charge >= 0.3 is 5.97 Å². The Bertz CT molecular complexity index is 1000. The van der Waals surface area contributed by atoms with E-state index in [4.69, 9.17) is 4.74 Å². The number of nitrogens with zero attached hydrogens (tertiary/aromatic N) is 1. The van der Waals surface area contributed by atoms with Gasteiger partial charge in [-0.15, -0.1) is 11.3 Å². The van der Waals surface area contributed by atoms with Crippen LogP contribution in [0.3, 0.4) is 0 Å². The van der Waals surface area contributed by atoms with Crippen molar-refractivity contribution in [1.82, 2.24) is 9.88 Å². The van der Waals surface area contributed by atoms with Crippen LogP contribution >= 0.6 is 11.3 Å². The van der Waals surface area contributed by atoms with Crippen LogP contribution in [-0.4, -0.2) is 23.1 Å². The molecule has 0 saturated heterocycles. The van der Waals surface area contributed by atoms with Crippen LogP contribution in [0.2, 0.25) is 0 Å². The van der Waals surface area contributed by atoms with Crippen molar-refractivity contribution in [3.63, 3.8) is 0 Å². The Labute approximate surface area is 174 Å². The largest absolute Gasteiger partial charge is 0.452 e. The van der Waals surface area contributed by atoms with Gasteiger partial charge in [-0.1, -0.05) is 36.4 Å². The van der Waals surface area contributed by atoms with Gasteiger partial charge in [0.05, 0.1) is 11.6 Å². The Morgan fingerprint density at radius 1 is 1.17 bits per heavy atom. The highest BCUT2D eigenvalue weighted by molar-refractivity contribution is 7.10. The standard InChI is InChI=1S/C23H24N2O3S/c1-15-13-19(16(2)25(15)18-10-11-18)23(27)28-14-21(26)24-22(20-9-6-12-29-20)17-7-4-3-5-8-17/h3-9,12-13,18,22H,10-11,14H2,1-2H3,(H,24,26)/t22-/m0/s1. The fourth-order valence-electron chi connectivity index (χ4n) is 3.71. The highest BCUT2D eigenvalue weighted by Crippen LogP contribution is 2.38. The monoisotopic (exact) mass is 408 g/mol. The smallest absolute Gasteiger partial charge is 0.340 e. The molecule has 2 heterocycles. The van der Waals surface area contributed by atoms with E-state index < -0.39 is 5.97 Å². The molecule has 6 heteroatoms. The van der Waals surface area contributed by atoms with Gasteiger partial charge in [0, 0.05) is 22.3 Å². The second-order valence-corrected chi connectivity index (χ2v) is 8.37. The number of carbonyl (C=O) groups excluding carboxylic acids is 2. The summed E-state index contributed by atoms with van der Waals surface area (Å²) < 4.78 is 7.53. The number of hydrogen-bond acceptors (Lipinski definition) is 4. The van der Waals surface area contributed by atoms with Crippen molar-refractivity contribution in [2.24, 2.45) is 0 Å². The van der Waals surface area contributed by atoms with E-state index in [0.717, 1.165) is 34.7 Å². The Morgan fingerprint density at radius 2 is 1.93 bits per heavy atom. The van der Waals surface area contributed by atoms with Crippen LogP contribution in [0.15, 0.2) is 53.9 Å². The maximum Gasteiger partial charge on any atom is 0.340 e. The molecule has 1 atom stereocenters. The van der Waals surface area contributed by atoms with Crippen LogP contribution < -0.4 is 5.32 Å². The summed E-state index contributed by atoms with van der Waals surface area (Å²) in [5.74, 6) is -0.774. The predicted octanol–water partition coefficient (Wildman–Crippen LogP) is 4.56. The molecule has 1 N–H and O–H groups in total. The Hall–Kier alpha value is -2.86. The van der Waals surface area contributed by atoms with Gasteiger partial charge in [-0.05, 0) is 49.8 Å². The zero-order chi connectivity index (χ0) is 20.4. The zero-order valence-corrected chi connectivity index (χ0v) is 17.4. The average molecular weight is 409 g/mol. The highest BCUT2D eigenvalue weighted by Gasteiger charge is 2.29. The van der Waals surface area contributed by atoms with Crippen LogP contribution in [-0.2, 0) is 9.53 Å². The number of amides is 1. The number of nitrogens with one attached hydrogen (secondary N) is 1. The molecule has 0 bridgehead atoms. The molecule has 0 radical (unpaired) electrons. The third-order valence-corrected chi connectivity index (χ3v) is 6.15. The van der Waals surface area contributed by atoms with Gasteiger partial charge < -0.3 is 14.6 Å². The van der Waals surface area contributed by atoms with Crippen LogP contribution in [0.25, 0.3) is 0 Å². The normalized spacial score (nSPS) is 14.4. The first-order valence-electron chi connectivity index (χ1n) is 9.78. The molecule has 150 valence electrons. The molecule has 1 saturated carbocycles. The third-order valence-electron chi connectivity index (χ3n) is 5.22. The molecule has 5 nitrogen and oxygen atoms in total. The van der Waals surface area contributed by atoms with Crippen molar-refractivity contribution >= 4 is 23.2 Å². The van der Waals surface area contributed by atoms with E-state index in [2.05, 4.69) is 9.88 Å². The minimum Gasteiger partial charge on any atom is -0.452 e. The first kappa shape index (κ1) is 19.5. The Balaban J connectivity index is 1.41. The molecule has 0 unspecified atom stereocenters. The van der Waals surface area contributed by atoms with E-state index in [1.54, 1.807) is 11.3 Å². The van der Waals surface area contributed by atoms with Crippen molar-refractivity contribution in [2.75, 3.05) is 6.61 Å². The SMILES string of the molecule is Cc1cc(C(=O)OCC(=O)N[C@@H](c2ccccc2)c2cccs2)c(C)n1C1CC1. The maximum atomic E-state index is 12.5. The summed E-state index contributed by atoms with van der Waals surface area (Å²) in [6, 6.07) is 15.8. The summed E-state index contributed by atoms with van der Waals surface area (Å²) in [6.45, 7) is 3.63. The van der Waals surface area contributed by atoms with Gasteiger partial charge in [-0.2, -0.15) is 0 Å². The van der Waals surface area contributed by atoms with Gasteiger partial charge in [0.25, 0.3) is 5.91 Å². The number of carbonyl (C=O) groups is 2. The first-order valence-corrected chi connectivity index (χ1v) is 10.7. The molecule has 3 aromatic rings. The summed E-state index contributed by atoms with van der Waals surface area (Å²) in [5.41, 5.74) is 3.50. The number of rotatable bonds is 7. The number of benzene rings is 1. The molecule has 4 rings (SSSR count). The molecular weight excluding hydrogens is 384 g/mol. The average Bonchev–Trinajstić information content (AvgIpc) is 3.30. The lowest BCUT2D eigenvalue weighted by Crippen LogP contribution is -2.32. The van der Waals surface area contributed by atoms with Crippen LogP contribution in [0.1, 0.15) is 57.1 Å². The van der Waals surface area contributed by atoms with Gasteiger partial charge in [0.2, 0.25) is 0 Å². The van der Waals surface area contributed by atoms with Crippen molar-refractivity contribution < 1.29 is 14.3 Å². The number of hydrogen-bond donors (Lipinski definition) is 1. The fraction of sp³-hybridized carbons (Fsp3) is 0.304. The summed E-state index contributed by atoms with van der Waals surface area (Å²) in [5, 5.41) is 4.97. The van der Waals surface area contributed by atoms with Crippen LogP contribution in [0, 0.1) is 13.8 Å². The van der Waals surface area contributed by atoms with Crippen molar-refractivity contribution in [3.8, 4) is 0 Å². The van der Waals surface area contributed by atoms with E-state index in [1.807, 2.05) is 67.8 Å². The molecular formula is C23H24N2O3S. The number of aryl methyl sites for hydroxylation is 1. The minimum absolute atomic E-state index is 0.262. The zero-order valence-electron chi connectivity index (χ0n) is 16.6. The molecule has 0 spiro atoms. The van der Waals surface area contributed by atoms with E-state index in [0.29, 0.717) is 11.6 Å². The second-order valence-electron chi connectivity index (χ2n) is 7.39. The minimum atomic E-state index is -0.451. The van der Waals surface area contributed by atoms with Crippen molar-refractivity contribution in [2.45, 2.75) is 38.8 Å². The lowest BCUT2D eigenvalue weighted by Gasteiger charge is -2.18. The Kier molecular flexibility index (Phi) is 5.53. The topological polar surface area (TPSA) is 60.3 Å². The van der Waals surface area contributed by atoms with E-state index in [-0.39, 0.29) is 18.6 Å². The van der Waals surface area contributed by atoms with E-state index in [1.165, 1.54) is 0 Å². The van der Waals surface area contributed by atoms with E-state index in [9.17, 15) is 9.59 Å². The first-order chi connectivity index (χ1) is 14.0. The Morgan fingerprint density at radius 3 is 2.59 bits per heavy atom. The van der Waals surface area contributed by atoms with Gasteiger partial charge in [0.15, 0.2) is 6.61 Å². The summed E-state index contributed by atoms with van der Waals surface area (Å²) in [6.07, 6.45) is 2.30. The van der Waals surface area contributed by atoms with E-state index >= 15 is 0 Å². The van der Waals surface area contributed by atoms with Crippen LogP contribution in [0.5, 0.6) is 0 Å². The quantitative estimate of drug-likeness (QED) is 0.583. The molecule has 2 aromatic heterocycles. The predicted molar refractivity (Wildman–Crippen MR) is 113 cm³/mol. The number of thiophene rings is 1. The fourth-order valence-corrected chi connectivity index (χ4v) is 4.51. The summed E-state index contributed by atoms with van der Waals surface area (Å²) >= 11 is 1.58. The third kappa shape index (κ3) is 4.27. The van der Waals surface area contributed by atoms with Crippen LogP contribution in [0.4, 0.5) is 0 Å². The highest BCUT2D eigenvalue weighted by atomic mass is 32.1. The lowest BCUT2D eigenvalue weighted by atomic mass is 10.1. The van der Waals surface area contributed by atoms with Gasteiger partial charge in [-0.25, -0.2) is 4.79 Å². The summed E-state index contributed by atoms with van der Waals surface area (Å²) in [7, 11) is 0. The molecule has 29 heavy (non-hydrogen) atoms. The molecule has 1 aliphatic rings.